The molecule has 7 nitrogen and oxygen atoms in total. The Balaban J connectivity index is 0.00000272. The molecule has 1 saturated heterocycles. The molecule has 1 unspecified atom stereocenters. The van der Waals surface area contributed by atoms with Gasteiger partial charge in [-0.3, -0.25) is 0 Å². The highest BCUT2D eigenvalue weighted by Crippen LogP contribution is 2.33. The van der Waals surface area contributed by atoms with Crippen molar-refractivity contribution < 1.29 is 14.2 Å². The summed E-state index contributed by atoms with van der Waals surface area (Å²) >= 11 is 0. The second-order valence-corrected chi connectivity index (χ2v) is 7.54. The average Bonchev–Trinajstić information content (AvgIpc) is 3.44. The topological polar surface area (TPSA) is 67.4 Å². The molecule has 1 fully saturated rings. The maximum absolute atomic E-state index is 5.52. The van der Waals surface area contributed by atoms with Gasteiger partial charge in [0.1, 0.15) is 5.75 Å². The van der Waals surface area contributed by atoms with Gasteiger partial charge in [-0.05, 0) is 49.1 Å². The summed E-state index contributed by atoms with van der Waals surface area (Å²) in [5.74, 6) is 3.93. The predicted octanol–water partition coefficient (Wildman–Crippen LogP) is 3.62. The molecule has 31 heavy (non-hydrogen) atoms. The van der Waals surface area contributed by atoms with Crippen LogP contribution in [0.5, 0.6) is 17.2 Å². The van der Waals surface area contributed by atoms with Crippen molar-refractivity contribution in [2.45, 2.75) is 19.9 Å². The standard InChI is InChI=1S/C23H30N4O3.HI/c1-3-24-23(25-13-17-8-9-21-22(12-17)30-16-29-21)26-14-18-10-11-27(15-18)19-6-4-5-7-20(19)28-2;/h4-9,12,18H,3,10-11,13-16H2,1-2H3,(H2,24,25,26);1H. The number of hydrogen-bond donors (Lipinski definition) is 2. The summed E-state index contributed by atoms with van der Waals surface area (Å²) in [6.07, 6.45) is 1.15. The van der Waals surface area contributed by atoms with Crippen LogP contribution in [0, 0.1) is 5.92 Å². The van der Waals surface area contributed by atoms with Gasteiger partial charge in [-0.2, -0.15) is 0 Å². The average molecular weight is 538 g/mol. The van der Waals surface area contributed by atoms with Crippen LogP contribution in [0.25, 0.3) is 0 Å². The molecule has 0 amide bonds. The van der Waals surface area contributed by atoms with E-state index in [1.54, 1.807) is 7.11 Å². The summed E-state index contributed by atoms with van der Waals surface area (Å²) in [6.45, 7) is 6.72. The number of anilines is 1. The molecule has 168 valence electrons. The van der Waals surface area contributed by atoms with Crippen molar-refractivity contribution >= 4 is 35.6 Å². The van der Waals surface area contributed by atoms with Crippen LogP contribution in [0.4, 0.5) is 5.69 Å². The van der Waals surface area contributed by atoms with Crippen LogP contribution in [0.1, 0.15) is 18.9 Å². The van der Waals surface area contributed by atoms with Gasteiger partial charge in [-0.1, -0.05) is 18.2 Å². The number of para-hydroxylation sites is 2. The van der Waals surface area contributed by atoms with Crippen LogP contribution in [-0.2, 0) is 6.54 Å². The van der Waals surface area contributed by atoms with Crippen LogP contribution in [0.3, 0.4) is 0 Å². The van der Waals surface area contributed by atoms with Crippen LogP contribution >= 0.6 is 24.0 Å². The van der Waals surface area contributed by atoms with Gasteiger partial charge in [-0.15, -0.1) is 24.0 Å². The normalized spacial score (nSPS) is 17.3. The largest absolute Gasteiger partial charge is 0.495 e. The minimum absolute atomic E-state index is 0. The number of guanidine groups is 1. The molecule has 0 bridgehead atoms. The van der Waals surface area contributed by atoms with Gasteiger partial charge in [0, 0.05) is 26.2 Å². The molecular weight excluding hydrogens is 507 g/mol. The summed E-state index contributed by atoms with van der Waals surface area (Å²) in [5.41, 5.74) is 2.27. The third-order valence-corrected chi connectivity index (χ3v) is 5.47. The number of methoxy groups -OCH3 is 1. The molecule has 0 aromatic heterocycles. The molecule has 0 aliphatic carbocycles. The number of nitrogens with zero attached hydrogens (tertiary/aromatic N) is 2. The van der Waals surface area contributed by atoms with Crippen molar-refractivity contribution in [1.82, 2.24) is 10.6 Å². The lowest BCUT2D eigenvalue weighted by molar-refractivity contribution is 0.174. The molecule has 4 rings (SSSR count). The maximum atomic E-state index is 5.52. The Morgan fingerprint density at radius 1 is 1.16 bits per heavy atom. The molecule has 0 saturated carbocycles. The molecule has 0 radical (unpaired) electrons. The van der Waals surface area contributed by atoms with Crippen molar-refractivity contribution in [3.63, 3.8) is 0 Å². The van der Waals surface area contributed by atoms with Crippen LogP contribution in [0.15, 0.2) is 47.5 Å². The zero-order valence-corrected chi connectivity index (χ0v) is 20.4. The Labute approximate surface area is 201 Å². The Morgan fingerprint density at radius 3 is 2.84 bits per heavy atom. The first-order valence-corrected chi connectivity index (χ1v) is 10.6. The lowest BCUT2D eigenvalue weighted by Crippen LogP contribution is -2.40. The van der Waals surface area contributed by atoms with Crippen LogP contribution in [-0.4, -0.2) is 46.0 Å². The van der Waals surface area contributed by atoms with Crippen molar-refractivity contribution in [2.75, 3.05) is 45.0 Å². The van der Waals surface area contributed by atoms with Crippen LogP contribution in [0.2, 0.25) is 0 Å². The van der Waals surface area contributed by atoms with Crippen molar-refractivity contribution in [1.29, 1.82) is 0 Å². The smallest absolute Gasteiger partial charge is 0.231 e. The fourth-order valence-corrected chi connectivity index (χ4v) is 3.90. The minimum atomic E-state index is 0. The van der Waals surface area contributed by atoms with Gasteiger partial charge in [0.15, 0.2) is 17.5 Å². The highest BCUT2D eigenvalue weighted by atomic mass is 127. The first kappa shape index (κ1) is 23.3. The molecule has 8 heteroatoms. The molecule has 0 spiro atoms. The molecule has 2 N–H and O–H groups in total. The number of hydrogen-bond acceptors (Lipinski definition) is 5. The first-order valence-electron chi connectivity index (χ1n) is 10.6. The van der Waals surface area contributed by atoms with Crippen molar-refractivity contribution in [3.05, 3.63) is 48.0 Å². The lowest BCUT2D eigenvalue weighted by atomic mass is 10.1. The van der Waals surface area contributed by atoms with Gasteiger partial charge >= 0.3 is 0 Å². The van der Waals surface area contributed by atoms with E-state index in [1.807, 2.05) is 30.3 Å². The van der Waals surface area contributed by atoms with Crippen molar-refractivity contribution in [2.24, 2.45) is 10.9 Å². The van der Waals surface area contributed by atoms with Crippen molar-refractivity contribution in [3.8, 4) is 17.2 Å². The van der Waals surface area contributed by atoms with Crippen LogP contribution < -0.4 is 29.7 Å². The van der Waals surface area contributed by atoms with E-state index in [9.17, 15) is 0 Å². The molecule has 2 heterocycles. The van der Waals surface area contributed by atoms with Gasteiger partial charge < -0.3 is 29.7 Å². The Hall–Kier alpha value is -2.36. The summed E-state index contributed by atoms with van der Waals surface area (Å²) in [6, 6.07) is 14.2. The second-order valence-electron chi connectivity index (χ2n) is 7.54. The van der Waals surface area contributed by atoms with E-state index in [4.69, 9.17) is 19.2 Å². The molecule has 2 aromatic rings. The summed E-state index contributed by atoms with van der Waals surface area (Å²) in [7, 11) is 1.73. The third-order valence-electron chi connectivity index (χ3n) is 5.47. The molecule has 2 aromatic carbocycles. The zero-order chi connectivity index (χ0) is 20.8. The number of nitrogens with one attached hydrogen (secondary N) is 2. The predicted molar refractivity (Wildman–Crippen MR) is 134 cm³/mol. The molecular formula is C23H31IN4O3. The number of halogens is 1. The van der Waals surface area contributed by atoms with E-state index < -0.39 is 0 Å². The van der Waals surface area contributed by atoms with Gasteiger partial charge in [0.25, 0.3) is 0 Å². The quantitative estimate of drug-likeness (QED) is 0.319. The molecule has 2 aliphatic heterocycles. The maximum Gasteiger partial charge on any atom is 0.231 e. The van der Waals surface area contributed by atoms with E-state index >= 15 is 0 Å². The fraction of sp³-hybridized carbons (Fsp3) is 0.435. The van der Waals surface area contributed by atoms with E-state index in [-0.39, 0.29) is 24.0 Å². The molecule has 1 atom stereocenters. The monoisotopic (exact) mass is 538 g/mol. The Kier molecular flexibility index (Phi) is 8.51. The number of ether oxygens (including phenoxy) is 3. The van der Waals surface area contributed by atoms with E-state index in [1.165, 1.54) is 5.69 Å². The highest BCUT2D eigenvalue weighted by molar-refractivity contribution is 14.0. The number of benzene rings is 2. The highest BCUT2D eigenvalue weighted by Gasteiger charge is 2.24. The Bertz CT molecular complexity index is 893. The third kappa shape index (κ3) is 5.87. The lowest BCUT2D eigenvalue weighted by Gasteiger charge is -2.21. The minimum Gasteiger partial charge on any atom is -0.495 e. The van der Waals surface area contributed by atoms with Gasteiger partial charge in [-0.25, -0.2) is 4.99 Å². The Morgan fingerprint density at radius 2 is 2.00 bits per heavy atom. The number of rotatable bonds is 7. The first-order chi connectivity index (χ1) is 14.8. The van der Waals surface area contributed by atoms with E-state index in [2.05, 4.69) is 34.6 Å². The summed E-state index contributed by atoms with van der Waals surface area (Å²) in [4.78, 5) is 7.14. The second kappa shape index (κ2) is 11.3. The summed E-state index contributed by atoms with van der Waals surface area (Å²) < 4.78 is 16.4. The summed E-state index contributed by atoms with van der Waals surface area (Å²) in [5, 5.41) is 6.85. The molecule has 2 aliphatic rings. The zero-order valence-electron chi connectivity index (χ0n) is 18.1. The van der Waals surface area contributed by atoms with Gasteiger partial charge in [0.2, 0.25) is 6.79 Å². The number of aliphatic imine (C=N–C) groups is 1. The fourth-order valence-electron chi connectivity index (χ4n) is 3.90. The SMILES string of the molecule is CCNC(=NCc1ccc2c(c1)OCO2)NCC1CCN(c2ccccc2OC)C1.I. The van der Waals surface area contributed by atoms with E-state index in [0.29, 0.717) is 19.3 Å². The van der Waals surface area contributed by atoms with E-state index in [0.717, 1.165) is 61.4 Å². The number of fused-ring (bicyclic) bond motifs is 1. The van der Waals surface area contributed by atoms with Gasteiger partial charge in [0.05, 0.1) is 19.3 Å².